The van der Waals surface area contributed by atoms with Gasteiger partial charge in [0.15, 0.2) is 0 Å². The van der Waals surface area contributed by atoms with Crippen LogP contribution in [0.4, 0.5) is 10.1 Å². The maximum atomic E-state index is 14.4. The Bertz CT molecular complexity index is 903. The first-order valence-corrected chi connectivity index (χ1v) is 10.2. The van der Waals surface area contributed by atoms with Crippen LogP contribution in [0, 0.1) is 5.82 Å². The number of anilines is 1. The molecule has 0 aromatic heterocycles. The number of hydrogen-bond donors (Lipinski definition) is 1. The number of hydrogen-bond acceptors (Lipinski definition) is 3. The summed E-state index contributed by atoms with van der Waals surface area (Å²) in [6, 6.07) is 10.6. The molecule has 3 rings (SSSR count). The van der Waals surface area contributed by atoms with Crippen LogP contribution < -0.4 is 4.90 Å². The van der Waals surface area contributed by atoms with Gasteiger partial charge in [-0.2, -0.15) is 0 Å². The number of halogens is 2. The minimum atomic E-state index is -1.03. The molecule has 142 valence electrons. The highest BCUT2D eigenvalue weighted by molar-refractivity contribution is 9.10. The van der Waals surface area contributed by atoms with Gasteiger partial charge in [0.05, 0.1) is 23.9 Å². The fourth-order valence-corrected chi connectivity index (χ4v) is 4.50. The van der Waals surface area contributed by atoms with Gasteiger partial charge >= 0.3 is 5.97 Å². The van der Waals surface area contributed by atoms with Crippen molar-refractivity contribution in [1.82, 2.24) is 0 Å². The quantitative estimate of drug-likeness (QED) is 0.678. The van der Waals surface area contributed by atoms with Crippen LogP contribution in [0.15, 0.2) is 45.8 Å². The second-order valence-electron chi connectivity index (χ2n) is 6.75. The first-order chi connectivity index (χ1) is 12.8. The zero-order valence-electron chi connectivity index (χ0n) is 14.9. The number of aliphatic carboxylic acids is 1. The van der Waals surface area contributed by atoms with Crippen molar-refractivity contribution in [2.75, 3.05) is 4.90 Å². The molecule has 0 fully saturated rings. The van der Waals surface area contributed by atoms with Crippen molar-refractivity contribution in [1.29, 1.82) is 0 Å². The second kappa shape index (κ2) is 8.02. The minimum absolute atomic E-state index is 0.0587. The van der Waals surface area contributed by atoms with Crippen molar-refractivity contribution in [2.24, 2.45) is 0 Å². The lowest BCUT2D eigenvalue weighted by Gasteiger charge is -2.34. The van der Waals surface area contributed by atoms with Gasteiger partial charge in [0.2, 0.25) is 5.91 Å². The molecule has 2 aromatic carbocycles. The van der Waals surface area contributed by atoms with E-state index in [9.17, 15) is 14.0 Å². The number of rotatable bonds is 5. The highest BCUT2D eigenvalue weighted by atomic mass is 79.9. The Labute approximate surface area is 169 Å². The number of fused-ring (bicyclic) bond motifs is 1. The van der Waals surface area contributed by atoms with E-state index >= 15 is 0 Å². The van der Waals surface area contributed by atoms with E-state index in [1.165, 1.54) is 22.7 Å². The number of carbonyl (C=O) groups excluding carboxylic acids is 1. The van der Waals surface area contributed by atoms with Gasteiger partial charge in [-0.15, -0.1) is 11.8 Å². The Morgan fingerprint density at radius 2 is 2.04 bits per heavy atom. The lowest BCUT2D eigenvalue weighted by atomic mass is 10.0. The molecule has 1 N–H and O–H groups in total. The first kappa shape index (κ1) is 19.9. The number of amides is 1. The molecule has 7 heteroatoms. The van der Waals surface area contributed by atoms with E-state index in [1.807, 2.05) is 18.2 Å². The summed E-state index contributed by atoms with van der Waals surface area (Å²) < 4.78 is 15.0. The van der Waals surface area contributed by atoms with Crippen molar-refractivity contribution in [3.63, 3.8) is 0 Å². The third-order valence-electron chi connectivity index (χ3n) is 4.45. The van der Waals surface area contributed by atoms with E-state index in [0.717, 1.165) is 10.5 Å². The maximum Gasteiger partial charge on any atom is 0.305 e. The molecule has 27 heavy (non-hydrogen) atoms. The summed E-state index contributed by atoms with van der Waals surface area (Å²) in [5.74, 6) is -1.47. The van der Waals surface area contributed by atoms with Crippen molar-refractivity contribution < 1.29 is 19.1 Å². The van der Waals surface area contributed by atoms with E-state index < -0.39 is 17.0 Å². The van der Waals surface area contributed by atoms with E-state index in [0.29, 0.717) is 15.7 Å². The number of carboxylic acids is 1. The van der Waals surface area contributed by atoms with Gasteiger partial charge in [-0.1, -0.05) is 41.9 Å². The van der Waals surface area contributed by atoms with Crippen LogP contribution in [-0.4, -0.2) is 22.2 Å². The molecule has 1 heterocycles. The van der Waals surface area contributed by atoms with Gasteiger partial charge in [-0.05, 0) is 35.7 Å². The Hall–Kier alpha value is -1.86. The third-order valence-corrected chi connectivity index (χ3v) is 6.20. The van der Waals surface area contributed by atoms with E-state index in [2.05, 4.69) is 29.8 Å². The zero-order valence-corrected chi connectivity index (χ0v) is 17.3. The van der Waals surface area contributed by atoms with E-state index in [4.69, 9.17) is 5.11 Å². The van der Waals surface area contributed by atoms with Crippen molar-refractivity contribution in [3.8, 4) is 0 Å². The van der Waals surface area contributed by atoms with Crippen LogP contribution in [0.2, 0.25) is 0 Å². The molecule has 0 radical (unpaired) electrons. The summed E-state index contributed by atoms with van der Waals surface area (Å²) in [6.07, 6.45) is -0.270. The van der Waals surface area contributed by atoms with Gasteiger partial charge in [-0.25, -0.2) is 4.39 Å². The number of thioether (sulfide) groups is 1. The Balaban J connectivity index is 2.04. The molecule has 1 aliphatic rings. The number of nitrogens with zero attached hydrogens (tertiary/aromatic N) is 1. The lowest BCUT2D eigenvalue weighted by Crippen LogP contribution is -2.41. The fourth-order valence-electron chi connectivity index (χ4n) is 2.97. The Morgan fingerprint density at radius 3 is 2.67 bits per heavy atom. The maximum absolute atomic E-state index is 14.4. The molecule has 0 saturated carbocycles. The predicted molar refractivity (Wildman–Crippen MR) is 108 cm³/mol. The molecule has 0 bridgehead atoms. The molecule has 2 aromatic rings. The highest BCUT2D eigenvalue weighted by Gasteiger charge is 2.35. The van der Waals surface area contributed by atoms with Gasteiger partial charge in [0.25, 0.3) is 0 Å². The monoisotopic (exact) mass is 451 g/mol. The van der Waals surface area contributed by atoms with Gasteiger partial charge in [0, 0.05) is 14.9 Å². The van der Waals surface area contributed by atoms with Crippen molar-refractivity contribution in [2.45, 2.75) is 42.9 Å². The van der Waals surface area contributed by atoms with Crippen LogP contribution in [-0.2, 0) is 16.1 Å². The summed E-state index contributed by atoms with van der Waals surface area (Å²) in [6.45, 7) is 4.18. The first-order valence-electron chi connectivity index (χ1n) is 8.54. The van der Waals surface area contributed by atoms with E-state index in [1.54, 1.807) is 12.1 Å². The summed E-state index contributed by atoms with van der Waals surface area (Å²) in [5, 5.41) is 8.43. The molecule has 0 aliphatic carbocycles. The molecule has 0 saturated heterocycles. The number of carbonyl (C=O) groups is 2. The Kier molecular flexibility index (Phi) is 5.91. The van der Waals surface area contributed by atoms with Crippen LogP contribution in [0.5, 0.6) is 0 Å². The van der Waals surface area contributed by atoms with Gasteiger partial charge < -0.3 is 10.0 Å². The topological polar surface area (TPSA) is 57.6 Å². The Morgan fingerprint density at radius 1 is 1.30 bits per heavy atom. The molecule has 1 amide bonds. The molecular formula is C20H19BrFNO3S. The molecular weight excluding hydrogens is 433 g/mol. The zero-order chi connectivity index (χ0) is 19.7. The average molecular weight is 452 g/mol. The average Bonchev–Trinajstić information content (AvgIpc) is 2.59. The lowest BCUT2D eigenvalue weighted by molar-refractivity contribution is -0.138. The number of carboxylic acid groups (broad SMARTS) is 1. The van der Waals surface area contributed by atoms with Crippen LogP contribution in [0.25, 0.3) is 0 Å². The number of benzene rings is 2. The molecule has 0 spiro atoms. The van der Waals surface area contributed by atoms with Crippen molar-refractivity contribution >= 4 is 45.3 Å². The fraction of sp³-hybridized carbons (Fsp3) is 0.300. The second-order valence-corrected chi connectivity index (χ2v) is 8.91. The summed E-state index contributed by atoms with van der Waals surface area (Å²) >= 11 is 4.49. The van der Waals surface area contributed by atoms with Gasteiger partial charge in [0.1, 0.15) is 5.82 Å². The third kappa shape index (κ3) is 4.35. The summed E-state index contributed by atoms with van der Waals surface area (Å²) in [4.78, 5) is 26.5. The molecule has 1 unspecified atom stereocenters. The summed E-state index contributed by atoms with van der Waals surface area (Å²) in [7, 11) is 0. The summed E-state index contributed by atoms with van der Waals surface area (Å²) in [5.41, 5.74) is 2.16. The predicted octanol–water partition coefficient (Wildman–Crippen LogP) is 5.19. The van der Waals surface area contributed by atoms with Crippen molar-refractivity contribution in [3.05, 3.63) is 57.8 Å². The smallest absolute Gasteiger partial charge is 0.305 e. The molecule has 1 aliphatic heterocycles. The SMILES string of the molecule is CC(C)c1ccc2c(c1)N(Cc1ccc(Br)cc1F)C(=O)C(CC(=O)O)S2. The van der Waals surface area contributed by atoms with Crippen LogP contribution in [0.3, 0.4) is 0 Å². The largest absolute Gasteiger partial charge is 0.481 e. The van der Waals surface area contributed by atoms with Crippen LogP contribution >= 0.6 is 27.7 Å². The highest BCUT2D eigenvalue weighted by Crippen LogP contribution is 2.42. The minimum Gasteiger partial charge on any atom is -0.481 e. The van der Waals surface area contributed by atoms with E-state index in [-0.39, 0.29) is 24.8 Å². The molecule has 4 nitrogen and oxygen atoms in total. The standard InChI is InChI=1S/C20H19BrFNO3S/c1-11(2)12-4-6-17-16(7-12)23(20(26)18(27-17)9-19(24)25)10-13-3-5-14(21)8-15(13)22/h3-8,11,18H,9-10H2,1-2H3,(H,24,25). The molecule has 1 atom stereocenters. The van der Waals surface area contributed by atoms with Crippen LogP contribution in [0.1, 0.15) is 37.3 Å². The van der Waals surface area contributed by atoms with Gasteiger partial charge in [-0.3, -0.25) is 9.59 Å². The normalized spacial score (nSPS) is 16.6.